The molecule has 178 valence electrons. The first-order chi connectivity index (χ1) is 16.0. The van der Waals surface area contributed by atoms with E-state index in [1.54, 1.807) is 0 Å². The quantitative estimate of drug-likeness (QED) is 0.506. The van der Waals surface area contributed by atoms with Crippen LogP contribution in [-0.2, 0) is 12.8 Å². The number of aliphatic hydroxyl groups is 2. The summed E-state index contributed by atoms with van der Waals surface area (Å²) in [5.41, 5.74) is -1.77. The molecule has 2 aromatic rings. The molecule has 0 aromatic heterocycles. The molecule has 0 radical (unpaired) electrons. The van der Waals surface area contributed by atoms with Gasteiger partial charge in [-0.2, -0.15) is 0 Å². The van der Waals surface area contributed by atoms with E-state index >= 15 is 0 Å². The number of benzene rings is 2. The van der Waals surface area contributed by atoms with Gasteiger partial charge in [0.1, 0.15) is 11.5 Å². The standard InChI is InChI=1S/C27H29NO6/c1-26(33)13-17-18(14-27(26,2)34)24(31)22-21(23(17)30)20(29)12-19(25(22)32)28-10-8-16(9-11-28)15-6-4-3-5-7-15/h3-7,12,16,30-31,33-34H,8-11,13-14H2,1-2H3/t26-,27+/m0/s1. The summed E-state index contributed by atoms with van der Waals surface area (Å²) in [7, 11) is 0. The van der Waals surface area contributed by atoms with E-state index in [9.17, 15) is 30.0 Å². The first-order valence-electron chi connectivity index (χ1n) is 11.7. The number of piperidine rings is 1. The van der Waals surface area contributed by atoms with Crippen LogP contribution in [0.4, 0.5) is 0 Å². The van der Waals surface area contributed by atoms with Gasteiger partial charge < -0.3 is 25.3 Å². The van der Waals surface area contributed by atoms with E-state index in [0.29, 0.717) is 19.0 Å². The molecule has 0 amide bonds. The van der Waals surface area contributed by atoms with E-state index in [1.807, 2.05) is 23.1 Å². The Kier molecular flexibility index (Phi) is 5.11. The van der Waals surface area contributed by atoms with Crippen LogP contribution in [0.1, 0.15) is 70.0 Å². The number of carbonyl (C=O) groups excluding carboxylic acids is 2. The molecule has 5 rings (SSSR count). The van der Waals surface area contributed by atoms with Crippen LogP contribution in [0.3, 0.4) is 0 Å². The molecule has 2 aliphatic carbocycles. The number of rotatable bonds is 2. The molecule has 2 atom stereocenters. The number of aromatic hydroxyl groups is 2. The average Bonchev–Trinajstić information content (AvgIpc) is 2.80. The van der Waals surface area contributed by atoms with Crippen molar-refractivity contribution in [2.24, 2.45) is 0 Å². The number of phenolic OH excluding ortho intramolecular Hbond substituents is 2. The van der Waals surface area contributed by atoms with Gasteiger partial charge >= 0.3 is 0 Å². The van der Waals surface area contributed by atoms with Crippen molar-refractivity contribution in [3.05, 3.63) is 69.9 Å². The highest BCUT2D eigenvalue weighted by atomic mass is 16.4. The fraction of sp³-hybridized carbons (Fsp3) is 0.407. The van der Waals surface area contributed by atoms with Crippen molar-refractivity contribution in [3.8, 4) is 11.5 Å². The number of fused-ring (bicyclic) bond motifs is 2. The van der Waals surface area contributed by atoms with Gasteiger partial charge in [-0.1, -0.05) is 30.3 Å². The molecule has 1 fully saturated rings. The fourth-order valence-corrected chi connectivity index (χ4v) is 5.54. The lowest BCUT2D eigenvalue weighted by atomic mass is 9.69. The SMILES string of the molecule is C[C@]1(O)Cc2c(O)c3c(c(O)c2C[C@@]1(C)O)C(=O)C(N1CCC(c2ccccc2)CC1)=CC3=O. The third-order valence-electron chi connectivity index (χ3n) is 7.94. The summed E-state index contributed by atoms with van der Waals surface area (Å²) >= 11 is 0. The van der Waals surface area contributed by atoms with Crippen LogP contribution in [0, 0.1) is 0 Å². The molecule has 1 aliphatic heterocycles. The summed E-state index contributed by atoms with van der Waals surface area (Å²) in [5.74, 6) is -1.50. The third-order valence-corrected chi connectivity index (χ3v) is 7.94. The van der Waals surface area contributed by atoms with Crippen LogP contribution < -0.4 is 0 Å². The highest BCUT2D eigenvalue weighted by Crippen LogP contribution is 2.48. The molecule has 4 N–H and O–H groups in total. The number of likely N-dealkylation sites (tertiary alicyclic amines) is 1. The Morgan fingerprint density at radius 2 is 1.38 bits per heavy atom. The monoisotopic (exact) mass is 463 g/mol. The Labute approximate surface area is 198 Å². The zero-order chi connectivity index (χ0) is 24.4. The van der Waals surface area contributed by atoms with E-state index in [-0.39, 0.29) is 40.8 Å². The second-order valence-electron chi connectivity index (χ2n) is 10.2. The molecule has 0 spiro atoms. The van der Waals surface area contributed by atoms with Crippen molar-refractivity contribution in [2.75, 3.05) is 13.1 Å². The molecular weight excluding hydrogens is 434 g/mol. The summed E-state index contributed by atoms with van der Waals surface area (Å²) < 4.78 is 0. The molecule has 2 aromatic carbocycles. The molecule has 1 saturated heterocycles. The van der Waals surface area contributed by atoms with Gasteiger partial charge in [-0.15, -0.1) is 0 Å². The summed E-state index contributed by atoms with van der Waals surface area (Å²) in [6.07, 6.45) is 2.58. The molecule has 7 heteroatoms. The normalized spacial score (nSPS) is 27.3. The van der Waals surface area contributed by atoms with Gasteiger partial charge in [-0.05, 0) is 38.2 Å². The van der Waals surface area contributed by atoms with Crippen molar-refractivity contribution >= 4 is 11.6 Å². The Bertz CT molecular complexity index is 1220. The maximum absolute atomic E-state index is 13.5. The highest BCUT2D eigenvalue weighted by molar-refractivity contribution is 6.26. The lowest BCUT2D eigenvalue weighted by Gasteiger charge is -2.44. The minimum absolute atomic E-state index is 0.160. The minimum Gasteiger partial charge on any atom is -0.507 e. The maximum atomic E-state index is 13.5. The predicted octanol–water partition coefficient (Wildman–Crippen LogP) is 2.84. The number of ketones is 2. The number of hydrogen-bond donors (Lipinski definition) is 4. The molecule has 34 heavy (non-hydrogen) atoms. The molecule has 3 aliphatic rings. The Morgan fingerprint density at radius 3 is 1.94 bits per heavy atom. The van der Waals surface area contributed by atoms with E-state index in [0.717, 1.165) is 12.8 Å². The molecule has 7 nitrogen and oxygen atoms in total. The van der Waals surface area contributed by atoms with E-state index < -0.39 is 34.3 Å². The maximum Gasteiger partial charge on any atom is 0.213 e. The van der Waals surface area contributed by atoms with Gasteiger partial charge in [0.15, 0.2) is 5.78 Å². The Balaban J connectivity index is 1.48. The lowest BCUT2D eigenvalue weighted by Crippen LogP contribution is -2.55. The number of nitrogens with zero attached hydrogens (tertiary/aromatic N) is 1. The lowest BCUT2D eigenvalue weighted by molar-refractivity contribution is -0.135. The van der Waals surface area contributed by atoms with Crippen molar-refractivity contribution < 1.29 is 30.0 Å². The van der Waals surface area contributed by atoms with Gasteiger partial charge in [-0.25, -0.2) is 0 Å². The summed E-state index contributed by atoms with van der Waals surface area (Å²) in [5, 5.41) is 43.4. The van der Waals surface area contributed by atoms with Gasteiger partial charge in [-0.3, -0.25) is 9.59 Å². The first-order valence-corrected chi connectivity index (χ1v) is 11.7. The fourth-order valence-electron chi connectivity index (χ4n) is 5.54. The van der Waals surface area contributed by atoms with Crippen molar-refractivity contribution in [2.45, 2.75) is 56.7 Å². The summed E-state index contributed by atoms with van der Waals surface area (Å²) in [4.78, 5) is 28.5. The Morgan fingerprint density at radius 1 is 0.853 bits per heavy atom. The average molecular weight is 464 g/mol. The third kappa shape index (κ3) is 3.34. The van der Waals surface area contributed by atoms with E-state index in [4.69, 9.17) is 0 Å². The highest BCUT2D eigenvalue weighted by Gasteiger charge is 2.49. The summed E-state index contributed by atoms with van der Waals surface area (Å²) in [6.45, 7) is 4.07. The van der Waals surface area contributed by atoms with Gasteiger partial charge in [0, 0.05) is 43.1 Å². The molecule has 0 saturated carbocycles. The van der Waals surface area contributed by atoms with Crippen LogP contribution in [-0.4, -0.2) is 61.2 Å². The topological polar surface area (TPSA) is 118 Å². The van der Waals surface area contributed by atoms with Crippen LogP contribution >= 0.6 is 0 Å². The number of phenols is 2. The van der Waals surface area contributed by atoms with Crippen LogP contribution in [0.2, 0.25) is 0 Å². The summed E-state index contributed by atoms with van der Waals surface area (Å²) in [6, 6.07) is 10.2. The molecular formula is C27H29NO6. The zero-order valence-electron chi connectivity index (χ0n) is 19.3. The zero-order valence-corrected chi connectivity index (χ0v) is 19.3. The van der Waals surface area contributed by atoms with Crippen molar-refractivity contribution in [3.63, 3.8) is 0 Å². The van der Waals surface area contributed by atoms with Gasteiger partial charge in [0.2, 0.25) is 5.78 Å². The second-order valence-corrected chi connectivity index (χ2v) is 10.2. The molecule has 0 unspecified atom stereocenters. The van der Waals surface area contributed by atoms with Crippen molar-refractivity contribution in [1.29, 1.82) is 0 Å². The minimum atomic E-state index is -1.59. The number of carbonyl (C=O) groups is 2. The predicted molar refractivity (Wildman–Crippen MR) is 125 cm³/mol. The Hall–Kier alpha value is -3.16. The second kappa shape index (κ2) is 7.68. The van der Waals surface area contributed by atoms with E-state index in [2.05, 4.69) is 12.1 Å². The molecule has 1 heterocycles. The number of hydrogen-bond acceptors (Lipinski definition) is 7. The first kappa shape index (κ1) is 22.6. The van der Waals surface area contributed by atoms with Crippen molar-refractivity contribution in [1.82, 2.24) is 4.90 Å². The number of allylic oxidation sites excluding steroid dienone is 2. The van der Waals surface area contributed by atoms with Crippen LogP contribution in [0.5, 0.6) is 11.5 Å². The van der Waals surface area contributed by atoms with Crippen LogP contribution in [0.25, 0.3) is 0 Å². The van der Waals surface area contributed by atoms with Gasteiger partial charge in [0.05, 0.1) is 28.0 Å². The smallest absolute Gasteiger partial charge is 0.213 e. The number of Topliss-reactive ketones (excluding diaryl/α,β-unsaturated/α-hetero) is 1. The molecule has 0 bridgehead atoms. The largest absolute Gasteiger partial charge is 0.507 e. The van der Waals surface area contributed by atoms with Crippen LogP contribution in [0.15, 0.2) is 42.1 Å². The van der Waals surface area contributed by atoms with E-state index in [1.165, 1.54) is 25.5 Å². The van der Waals surface area contributed by atoms with Gasteiger partial charge in [0.25, 0.3) is 0 Å².